The van der Waals surface area contributed by atoms with E-state index in [0.29, 0.717) is 30.9 Å². The van der Waals surface area contributed by atoms with Gasteiger partial charge in [-0.15, -0.1) is 0 Å². The van der Waals surface area contributed by atoms with Crippen LogP contribution in [-0.2, 0) is 11.2 Å². The number of anilines is 1. The highest BCUT2D eigenvalue weighted by Gasteiger charge is 2.22. The second-order valence-corrected chi connectivity index (χ2v) is 8.29. The standard InChI is InChI=1S/C23H29N9O/c24-13-17-12-16(20-4-6-22(33)31-30-20)3-5-21(17)32-10-7-18(8-11-32)29-23(25)27-9-1-2-19-14-26-15-28-19/h3,5,12,14-15,18H,1-2,4,6-11H2,(H,26,28)(H,31,33)(H3,25,27,29). The highest BCUT2D eigenvalue weighted by atomic mass is 16.2. The van der Waals surface area contributed by atoms with Gasteiger partial charge in [0.2, 0.25) is 5.91 Å². The van der Waals surface area contributed by atoms with Crippen molar-refractivity contribution in [3.63, 3.8) is 0 Å². The zero-order valence-electron chi connectivity index (χ0n) is 18.5. The first-order valence-electron chi connectivity index (χ1n) is 11.3. The normalized spacial score (nSPS) is 17.3. The monoisotopic (exact) mass is 447 g/mol. The van der Waals surface area contributed by atoms with Gasteiger partial charge in [-0.1, -0.05) is 6.07 Å². The van der Waals surface area contributed by atoms with Crippen LogP contribution in [0.5, 0.6) is 0 Å². The zero-order valence-corrected chi connectivity index (χ0v) is 18.5. The molecule has 0 saturated carbocycles. The lowest BCUT2D eigenvalue weighted by Crippen LogP contribution is -2.47. The Labute approximate surface area is 193 Å². The van der Waals surface area contributed by atoms with Gasteiger partial charge in [-0.25, -0.2) is 10.4 Å². The van der Waals surface area contributed by atoms with Crippen LogP contribution < -0.4 is 21.4 Å². The number of aliphatic imine (C=N–C) groups is 1. The van der Waals surface area contributed by atoms with Crippen molar-refractivity contribution in [3.8, 4) is 6.07 Å². The van der Waals surface area contributed by atoms with E-state index in [-0.39, 0.29) is 11.9 Å². The van der Waals surface area contributed by atoms with Crippen LogP contribution in [0.1, 0.15) is 48.9 Å². The fraction of sp³-hybridized carbons (Fsp3) is 0.435. The number of aromatic nitrogens is 2. The largest absolute Gasteiger partial charge is 0.370 e. The molecule has 1 aromatic carbocycles. The number of hydrogen-bond acceptors (Lipinski definition) is 6. The number of nitriles is 1. The summed E-state index contributed by atoms with van der Waals surface area (Å²) in [5.74, 6) is 0.410. The summed E-state index contributed by atoms with van der Waals surface area (Å²) >= 11 is 0. The average Bonchev–Trinajstić information content (AvgIpc) is 3.36. The number of hydrazone groups is 1. The van der Waals surface area contributed by atoms with Crippen molar-refractivity contribution < 1.29 is 4.79 Å². The van der Waals surface area contributed by atoms with Crippen LogP contribution in [-0.4, -0.2) is 53.2 Å². The summed E-state index contributed by atoms with van der Waals surface area (Å²) < 4.78 is 0. The number of amides is 1. The molecule has 33 heavy (non-hydrogen) atoms. The Morgan fingerprint density at radius 1 is 1.33 bits per heavy atom. The van der Waals surface area contributed by atoms with Gasteiger partial charge in [0.1, 0.15) is 6.07 Å². The van der Waals surface area contributed by atoms with Gasteiger partial charge in [0, 0.05) is 50.4 Å². The number of hydrogen-bond donors (Lipinski definition) is 4. The predicted molar refractivity (Wildman–Crippen MR) is 127 cm³/mol. The highest BCUT2D eigenvalue weighted by molar-refractivity contribution is 6.04. The Morgan fingerprint density at radius 3 is 2.88 bits per heavy atom. The summed E-state index contributed by atoms with van der Waals surface area (Å²) in [5.41, 5.74) is 12.9. The van der Waals surface area contributed by atoms with Crippen LogP contribution in [0.4, 0.5) is 5.69 Å². The smallest absolute Gasteiger partial charge is 0.240 e. The third-order valence-corrected chi connectivity index (χ3v) is 5.98. The van der Waals surface area contributed by atoms with Crippen LogP contribution in [0.25, 0.3) is 0 Å². The molecular formula is C23H29N9O. The molecule has 0 radical (unpaired) electrons. The fourth-order valence-electron chi connectivity index (χ4n) is 4.17. The highest BCUT2D eigenvalue weighted by Crippen LogP contribution is 2.26. The van der Waals surface area contributed by atoms with E-state index in [2.05, 4.69) is 41.8 Å². The molecule has 0 aliphatic carbocycles. The Kier molecular flexibility index (Phi) is 7.19. The number of imidazole rings is 1. The first-order valence-corrected chi connectivity index (χ1v) is 11.3. The Balaban J connectivity index is 1.28. The van der Waals surface area contributed by atoms with Crippen LogP contribution >= 0.6 is 0 Å². The molecular weight excluding hydrogens is 418 g/mol. The van der Waals surface area contributed by atoms with Crippen LogP contribution in [0.2, 0.25) is 0 Å². The van der Waals surface area contributed by atoms with Gasteiger partial charge in [0.15, 0.2) is 5.96 Å². The third-order valence-electron chi connectivity index (χ3n) is 5.98. The van der Waals surface area contributed by atoms with Crippen molar-refractivity contribution in [3.05, 3.63) is 47.5 Å². The van der Waals surface area contributed by atoms with Gasteiger partial charge < -0.3 is 20.9 Å². The minimum Gasteiger partial charge on any atom is -0.370 e. The number of guanidine groups is 1. The van der Waals surface area contributed by atoms with Crippen molar-refractivity contribution >= 4 is 23.3 Å². The molecule has 1 aromatic heterocycles. The van der Waals surface area contributed by atoms with Gasteiger partial charge in [0.25, 0.3) is 0 Å². The number of aryl methyl sites for hydroxylation is 1. The van der Waals surface area contributed by atoms with E-state index in [1.807, 2.05) is 24.4 Å². The summed E-state index contributed by atoms with van der Waals surface area (Å²) in [7, 11) is 0. The molecule has 0 bridgehead atoms. The molecule has 0 spiro atoms. The first-order chi connectivity index (χ1) is 16.1. The van der Waals surface area contributed by atoms with Gasteiger partial charge in [-0.3, -0.25) is 9.79 Å². The Morgan fingerprint density at radius 2 is 2.18 bits per heavy atom. The van der Waals surface area contributed by atoms with E-state index in [1.54, 1.807) is 6.33 Å². The molecule has 1 fully saturated rings. The van der Waals surface area contributed by atoms with E-state index < -0.39 is 0 Å². The van der Waals surface area contributed by atoms with Gasteiger partial charge in [-0.2, -0.15) is 10.4 Å². The van der Waals surface area contributed by atoms with E-state index in [0.717, 1.165) is 61.4 Å². The van der Waals surface area contributed by atoms with Crippen molar-refractivity contribution in [2.24, 2.45) is 15.8 Å². The minimum absolute atomic E-state index is 0.0767. The maximum absolute atomic E-state index is 11.3. The Hall–Kier alpha value is -3.87. The van der Waals surface area contributed by atoms with E-state index >= 15 is 0 Å². The molecule has 1 saturated heterocycles. The summed E-state index contributed by atoms with van der Waals surface area (Å²) in [6.07, 6.45) is 8.14. The van der Waals surface area contributed by atoms with E-state index in [4.69, 9.17) is 5.73 Å². The molecule has 10 heteroatoms. The van der Waals surface area contributed by atoms with Crippen LogP contribution in [0.15, 0.2) is 40.8 Å². The van der Waals surface area contributed by atoms with Gasteiger partial charge in [0.05, 0.1) is 23.3 Å². The molecule has 2 aliphatic heterocycles. The second kappa shape index (κ2) is 10.6. The number of nitrogens with zero attached hydrogens (tertiary/aromatic N) is 5. The van der Waals surface area contributed by atoms with Crippen LogP contribution in [0, 0.1) is 11.3 Å². The molecule has 4 rings (SSSR count). The first kappa shape index (κ1) is 22.3. The number of H-pyrrole nitrogens is 1. The summed E-state index contributed by atoms with van der Waals surface area (Å²) in [6.45, 7) is 2.33. The van der Waals surface area contributed by atoms with Crippen molar-refractivity contribution in [2.75, 3.05) is 24.5 Å². The lowest BCUT2D eigenvalue weighted by Gasteiger charge is -2.34. The topological polar surface area (TPSA) is 148 Å². The molecule has 0 unspecified atom stereocenters. The number of aromatic amines is 1. The predicted octanol–water partition coefficient (Wildman–Crippen LogP) is 1.40. The fourth-order valence-corrected chi connectivity index (χ4v) is 4.17. The molecule has 5 N–H and O–H groups in total. The quantitative estimate of drug-likeness (QED) is 0.286. The number of rotatable bonds is 7. The maximum atomic E-state index is 11.3. The number of carbonyl (C=O) groups is 1. The van der Waals surface area contributed by atoms with Crippen molar-refractivity contribution in [2.45, 2.75) is 44.6 Å². The maximum Gasteiger partial charge on any atom is 0.240 e. The summed E-state index contributed by atoms with van der Waals surface area (Å²) in [5, 5.41) is 17.2. The molecule has 10 nitrogen and oxygen atoms in total. The van der Waals surface area contributed by atoms with Gasteiger partial charge >= 0.3 is 0 Å². The molecule has 3 heterocycles. The molecule has 2 aromatic rings. The number of nitrogens with two attached hydrogens (primary N) is 1. The minimum atomic E-state index is -0.0767. The second-order valence-electron chi connectivity index (χ2n) is 8.29. The molecule has 2 aliphatic rings. The SMILES string of the molecule is N#Cc1cc(C2=NNC(=O)CC2)ccc1N1CCC(NC(N)=NCCCc2cnc[nH]2)CC1. The molecule has 0 atom stereocenters. The third kappa shape index (κ3) is 5.88. The molecule has 172 valence electrons. The summed E-state index contributed by atoms with van der Waals surface area (Å²) in [4.78, 5) is 25.1. The van der Waals surface area contributed by atoms with E-state index in [9.17, 15) is 10.1 Å². The van der Waals surface area contributed by atoms with E-state index in [1.165, 1.54) is 0 Å². The number of benzene rings is 1. The summed E-state index contributed by atoms with van der Waals surface area (Å²) in [6, 6.07) is 8.41. The number of piperidine rings is 1. The Bertz CT molecular complexity index is 1060. The van der Waals surface area contributed by atoms with Gasteiger partial charge in [-0.05, 0) is 43.4 Å². The zero-order chi connectivity index (χ0) is 23.0. The van der Waals surface area contributed by atoms with Crippen molar-refractivity contribution in [1.29, 1.82) is 5.26 Å². The van der Waals surface area contributed by atoms with Crippen molar-refractivity contribution in [1.82, 2.24) is 20.7 Å². The average molecular weight is 448 g/mol. The number of carbonyl (C=O) groups excluding carboxylic acids is 1. The molecule has 1 amide bonds. The van der Waals surface area contributed by atoms with Crippen LogP contribution in [0.3, 0.4) is 0 Å². The lowest BCUT2D eigenvalue weighted by atomic mass is 9.99. The number of nitrogens with one attached hydrogen (secondary N) is 3. The lowest BCUT2D eigenvalue weighted by molar-refractivity contribution is -0.121.